The molecule has 0 radical (unpaired) electrons. The fourth-order valence-electron chi connectivity index (χ4n) is 1.21. The number of aliphatic hydroxyl groups is 1. The number of carboxylic acid groups (broad SMARTS) is 1. The summed E-state index contributed by atoms with van der Waals surface area (Å²) in [5.41, 5.74) is 0.0860. The molecule has 0 aliphatic heterocycles. The highest BCUT2D eigenvalue weighted by atomic mass is 35.5. The highest BCUT2D eigenvalue weighted by Crippen LogP contribution is 2.16. The van der Waals surface area contributed by atoms with Gasteiger partial charge in [-0.05, 0) is 18.2 Å². The van der Waals surface area contributed by atoms with Gasteiger partial charge in [-0.3, -0.25) is 4.79 Å². The van der Waals surface area contributed by atoms with Crippen LogP contribution in [0.1, 0.15) is 16.8 Å². The summed E-state index contributed by atoms with van der Waals surface area (Å²) in [5, 5.41) is 19.7. The maximum absolute atomic E-state index is 12.7. The number of carboxylic acids is 1. The van der Waals surface area contributed by atoms with Crippen molar-refractivity contribution in [3.8, 4) is 0 Å². The van der Waals surface area contributed by atoms with Crippen LogP contribution >= 0.6 is 11.6 Å². The molecular weight excluding hydrogens is 265 g/mol. The van der Waals surface area contributed by atoms with Crippen LogP contribution < -0.4 is 5.32 Å². The van der Waals surface area contributed by atoms with E-state index < -0.39 is 23.8 Å². The third-order valence-electron chi connectivity index (χ3n) is 2.16. The number of hydrogen-bond acceptors (Lipinski definition) is 3. The first kappa shape index (κ1) is 14.4. The van der Waals surface area contributed by atoms with Crippen molar-refractivity contribution in [2.75, 3.05) is 6.54 Å². The molecule has 5 nitrogen and oxygen atoms in total. The molecule has 1 rings (SSSR count). The Morgan fingerprint density at radius 2 is 2.11 bits per heavy atom. The Morgan fingerprint density at radius 3 is 2.67 bits per heavy atom. The van der Waals surface area contributed by atoms with Gasteiger partial charge in [-0.1, -0.05) is 11.6 Å². The van der Waals surface area contributed by atoms with E-state index in [1.165, 1.54) is 6.07 Å². The molecule has 1 unspecified atom stereocenters. The molecule has 0 aliphatic rings. The summed E-state index contributed by atoms with van der Waals surface area (Å²) in [4.78, 5) is 21.9. The maximum Gasteiger partial charge on any atom is 0.332 e. The van der Waals surface area contributed by atoms with Gasteiger partial charge in [0.25, 0.3) is 5.91 Å². The van der Waals surface area contributed by atoms with E-state index in [2.05, 4.69) is 5.32 Å². The smallest absolute Gasteiger partial charge is 0.332 e. The van der Waals surface area contributed by atoms with Gasteiger partial charge >= 0.3 is 5.97 Å². The fourth-order valence-corrected chi connectivity index (χ4v) is 1.47. The summed E-state index contributed by atoms with van der Waals surface area (Å²) < 4.78 is 12.7. The third kappa shape index (κ3) is 3.97. The molecule has 98 valence electrons. The van der Waals surface area contributed by atoms with E-state index in [9.17, 15) is 14.0 Å². The van der Waals surface area contributed by atoms with Gasteiger partial charge in [-0.15, -0.1) is 0 Å². The third-order valence-corrected chi connectivity index (χ3v) is 2.48. The number of benzene rings is 1. The van der Waals surface area contributed by atoms with Gasteiger partial charge in [-0.2, -0.15) is 0 Å². The molecule has 0 fully saturated rings. The molecule has 0 aliphatic carbocycles. The second-order valence-corrected chi connectivity index (χ2v) is 3.93. The minimum Gasteiger partial charge on any atom is -0.479 e. The van der Waals surface area contributed by atoms with Crippen molar-refractivity contribution in [3.63, 3.8) is 0 Å². The molecule has 1 aromatic rings. The van der Waals surface area contributed by atoms with Crippen LogP contribution in [-0.4, -0.2) is 34.7 Å². The standard InChI is InChI=1S/C11H11ClFNO4/c12-8-5-6(13)1-2-7(8)10(16)14-4-3-9(15)11(17)18/h1-2,5,9,15H,3-4H2,(H,14,16)(H,17,18). The van der Waals surface area contributed by atoms with E-state index in [0.717, 1.165) is 12.1 Å². The van der Waals surface area contributed by atoms with E-state index in [0.29, 0.717) is 0 Å². The molecule has 1 amide bonds. The molecule has 0 saturated carbocycles. The molecule has 0 spiro atoms. The lowest BCUT2D eigenvalue weighted by Gasteiger charge is -2.08. The van der Waals surface area contributed by atoms with Crippen molar-refractivity contribution in [3.05, 3.63) is 34.6 Å². The first-order valence-corrected chi connectivity index (χ1v) is 5.43. The highest BCUT2D eigenvalue weighted by Gasteiger charge is 2.14. The monoisotopic (exact) mass is 275 g/mol. The lowest BCUT2D eigenvalue weighted by molar-refractivity contribution is -0.146. The van der Waals surface area contributed by atoms with Gasteiger partial charge in [0.1, 0.15) is 5.82 Å². The van der Waals surface area contributed by atoms with Crippen LogP contribution in [0.25, 0.3) is 0 Å². The number of hydrogen-bond donors (Lipinski definition) is 3. The summed E-state index contributed by atoms with van der Waals surface area (Å²) in [7, 11) is 0. The predicted molar refractivity (Wildman–Crippen MR) is 62.0 cm³/mol. The van der Waals surface area contributed by atoms with Crippen LogP contribution in [0.2, 0.25) is 5.02 Å². The van der Waals surface area contributed by atoms with Gasteiger partial charge in [0.2, 0.25) is 0 Å². The van der Waals surface area contributed by atoms with Gasteiger partial charge in [-0.25, -0.2) is 9.18 Å². The number of rotatable bonds is 5. The van der Waals surface area contributed by atoms with Crippen molar-refractivity contribution in [2.45, 2.75) is 12.5 Å². The summed E-state index contributed by atoms with van der Waals surface area (Å²) in [5.74, 6) is -2.47. The molecule has 7 heteroatoms. The molecule has 0 bridgehead atoms. The first-order chi connectivity index (χ1) is 8.41. The van der Waals surface area contributed by atoms with Crippen molar-refractivity contribution in [1.29, 1.82) is 0 Å². The van der Waals surface area contributed by atoms with Crippen LogP contribution in [0, 0.1) is 5.82 Å². The molecule has 0 saturated heterocycles. The molecule has 1 aromatic carbocycles. The van der Waals surface area contributed by atoms with E-state index in [-0.39, 0.29) is 23.6 Å². The van der Waals surface area contributed by atoms with Gasteiger partial charge in [0.05, 0.1) is 10.6 Å². The van der Waals surface area contributed by atoms with E-state index in [4.69, 9.17) is 21.8 Å². The number of aliphatic hydroxyl groups excluding tert-OH is 1. The van der Waals surface area contributed by atoms with Gasteiger partial charge in [0, 0.05) is 13.0 Å². The van der Waals surface area contributed by atoms with Crippen molar-refractivity contribution in [2.24, 2.45) is 0 Å². The van der Waals surface area contributed by atoms with E-state index in [1.54, 1.807) is 0 Å². The summed E-state index contributed by atoms with van der Waals surface area (Å²) in [6.07, 6.45) is -1.66. The van der Waals surface area contributed by atoms with E-state index in [1.807, 2.05) is 0 Å². The Kier molecular flexibility index (Phi) is 5.06. The van der Waals surface area contributed by atoms with Crippen LogP contribution in [-0.2, 0) is 4.79 Å². The maximum atomic E-state index is 12.7. The lowest BCUT2D eigenvalue weighted by atomic mass is 10.2. The van der Waals surface area contributed by atoms with Gasteiger partial charge < -0.3 is 15.5 Å². The second kappa shape index (κ2) is 6.32. The quantitative estimate of drug-likeness (QED) is 0.749. The van der Waals surface area contributed by atoms with Crippen LogP contribution in [0.3, 0.4) is 0 Å². The molecule has 18 heavy (non-hydrogen) atoms. The fraction of sp³-hybridized carbons (Fsp3) is 0.273. The highest BCUT2D eigenvalue weighted by molar-refractivity contribution is 6.33. The zero-order chi connectivity index (χ0) is 13.7. The minimum atomic E-state index is -1.53. The molecule has 0 heterocycles. The number of halogens is 2. The normalized spacial score (nSPS) is 11.9. The van der Waals surface area contributed by atoms with Crippen LogP contribution in [0.15, 0.2) is 18.2 Å². The topological polar surface area (TPSA) is 86.6 Å². The largest absolute Gasteiger partial charge is 0.479 e. The zero-order valence-electron chi connectivity index (χ0n) is 9.19. The zero-order valence-corrected chi connectivity index (χ0v) is 9.95. The minimum absolute atomic E-state index is 0.0278. The average Bonchev–Trinajstić information content (AvgIpc) is 2.28. The first-order valence-electron chi connectivity index (χ1n) is 5.06. The summed E-state index contributed by atoms with van der Waals surface area (Å²) in [6.45, 7) is -0.0278. The van der Waals surface area contributed by atoms with Gasteiger partial charge in [0.15, 0.2) is 6.10 Å². The Morgan fingerprint density at radius 1 is 1.44 bits per heavy atom. The van der Waals surface area contributed by atoms with Crippen molar-refractivity contribution >= 4 is 23.5 Å². The Labute approximate surface area is 107 Å². The Balaban J connectivity index is 2.53. The molecule has 0 aromatic heterocycles. The van der Waals surface area contributed by atoms with E-state index >= 15 is 0 Å². The Hall–Kier alpha value is -1.66. The number of amides is 1. The summed E-state index contributed by atoms with van der Waals surface area (Å²) >= 11 is 5.67. The Bertz CT molecular complexity index is 466. The van der Waals surface area contributed by atoms with Crippen molar-refractivity contribution < 1.29 is 24.2 Å². The predicted octanol–water partition coefficient (Wildman–Crippen LogP) is 1.04. The number of aliphatic carboxylic acids is 1. The van der Waals surface area contributed by atoms with Crippen LogP contribution in [0.4, 0.5) is 4.39 Å². The average molecular weight is 276 g/mol. The second-order valence-electron chi connectivity index (χ2n) is 3.52. The number of carbonyl (C=O) groups excluding carboxylic acids is 1. The van der Waals surface area contributed by atoms with Crippen molar-refractivity contribution in [1.82, 2.24) is 5.32 Å². The number of carbonyl (C=O) groups is 2. The molecule has 1 atom stereocenters. The summed E-state index contributed by atoms with van der Waals surface area (Å²) in [6, 6.07) is 3.32. The van der Waals surface area contributed by atoms with Crippen LogP contribution in [0.5, 0.6) is 0 Å². The molecule has 3 N–H and O–H groups in total. The SMILES string of the molecule is O=C(NCCC(O)C(=O)O)c1ccc(F)cc1Cl. The number of nitrogens with one attached hydrogen (secondary N) is 1. The molecular formula is C11H11ClFNO4. The lowest BCUT2D eigenvalue weighted by Crippen LogP contribution is -2.30.